The Hall–Kier alpha value is -0.580. The number of fused-ring (bicyclic) bond motifs is 1. The van der Waals surface area contributed by atoms with Crippen molar-refractivity contribution < 1.29 is 4.74 Å². The molecule has 0 spiro atoms. The number of benzene rings is 1. The van der Waals surface area contributed by atoms with Crippen LogP contribution >= 0.6 is 15.9 Å². The summed E-state index contributed by atoms with van der Waals surface area (Å²) in [6, 6.07) is 6.20. The first-order chi connectivity index (χ1) is 8.33. The van der Waals surface area contributed by atoms with Crippen molar-refractivity contribution in [1.29, 1.82) is 0 Å². The molecule has 3 nitrogen and oxygen atoms in total. The summed E-state index contributed by atoms with van der Waals surface area (Å²) in [6.07, 6.45) is 1.35. The van der Waals surface area contributed by atoms with E-state index in [2.05, 4.69) is 38.3 Å². The quantitative estimate of drug-likeness (QED) is 0.898. The van der Waals surface area contributed by atoms with Crippen molar-refractivity contribution in [1.82, 2.24) is 10.2 Å². The van der Waals surface area contributed by atoms with Gasteiger partial charge in [0.15, 0.2) is 0 Å². The lowest BCUT2D eigenvalue weighted by molar-refractivity contribution is 0.139. The predicted molar refractivity (Wildman–Crippen MR) is 71.6 cm³/mol. The van der Waals surface area contributed by atoms with Gasteiger partial charge in [-0.15, -0.1) is 0 Å². The molecule has 0 aliphatic carbocycles. The van der Waals surface area contributed by atoms with Crippen LogP contribution in [-0.2, 0) is 6.42 Å². The molecule has 92 valence electrons. The van der Waals surface area contributed by atoms with E-state index in [-0.39, 0.29) is 0 Å². The molecule has 0 amide bonds. The molecule has 1 N–H and O–H groups in total. The Morgan fingerprint density at radius 3 is 2.94 bits per heavy atom. The minimum atomic E-state index is 0.321. The molecule has 2 aliphatic rings. The van der Waals surface area contributed by atoms with Crippen molar-refractivity contribution in [2.75, 3.05) is 32.7 Å². The zero-order valence-corrected chi connectivity index (χ0v) is 11.4. The molecular formula is C13H17BrN2O. The summed E-state index contributed by atoms with van der Waals surface area (Å²) < 4.78 is 7.18. The average Bonchev–Trinajstić information content (AvgIpc) is 2.74. The fourth-order valence-corrected chi connectivity index (χ4v) is 3.09. The summed E-state index contributed by atoms with van der Waals surface area (Å²) in [6.45, 7) is 5.52. The lowest BCUT2D eigenvalue weighted by Crippen LogP contribution is -2.47. The zero-order valence-electron chi connectivity index (χ0n) is 9.79. The lowest BCUT2D eigenvalue weighted by Gasteiger charge is -2.29. The number of nitrogens with zero attached hydrogens (tertiary/aromatic N) is 1. The largest absolute Gasteiger partial charge is 0.488 e. The minimum absolute atomic E-state index is 0.321. The SMILES string of the molecule is Brc1cccc2c1CC(CN1CCNCC1)O2. The Balaban J connectivity index is 1.63. The van der Waals surface area contributed by atoms with Crippen LogP contribution < -0.4 is 10.1 Å². The second-order valence-corrected chi connectivity index (χ2v) is 5.57. The third kappa shape index (κ3) is 2.49. The van der Waals surface area contributed by atoms with E-state index in [1.807, 2.05) is 6.07 Å². The molecule has 2 heterocycles. The van der Waals surface area contributed by atoms with Crippen LogP contribution in [0, 0.1) is 0 Å². The lowest BCUT2D eigenvalue weighted by atomic mass is 10.1. The monoisotopic (exact) mass is 296 g/mol. The Bertz CT molecular complexity index is 404. The Morgan fingerprint density at radius 1 is 1.35 bits per heavy atom. The van der Waals surface area contributed by atoms with E-state index in [1.54, 1.807) is 0 Å². The van der Waals surface area contributed by atoms with Crippen LogP contribution in [0.2, 0.25) is 0 Å². The normalized spacial score (nSPS) is 24.4. The van der Waals surface area contributed by atoms with Crippen molar-refractivity contribution in [3.05, 3.63) is 28.2 Å². The molecule has 4 heteroatoms. The van der Waals surface area contributed by atoms with Gasteiger partial charge in [-0.1, -0.05) is 22.0 Å². The second kappa shape index (κ2) is 4.96. The summed E-state index contributed by atoms with van der Waals surface area (Å²) in [4.78, 5) is 2.49. The number of halogens is 1. The number of hydrogen-bond acceptors (Lipinski definition) is 3. The predicted octanol–water partition coefficient (Wildman–Crippen LogP) is 1.66. The molecule has 1 unspecified atom stereocenters. The van der Waals surface area contributed by atoms with E-state index in [9.17, 15) is 0 Å². The number of rotatable bonds is 2. The van der Waals surface area contributed by atoms with Gasteiger partial charge in [-0.05, 0) is 12.1 Å². The zero-order chi connectivity index (χ0) is 11.7. The van der Waals surface area contributed by atoms with Gasteiger partial charge in [-0.3, -0.25) is 4.90 Å². The topological polar surface area (TPSA) is 24.5 Å². The molecular weight excluding hydrogens is 280 g/mol. The molecule has 0 aromatic heterocycles. The molecule has 1 fully saturated rings. The van der Waals surface area contributed by atoms with Crippen molar-refractivity contribution >= 4 is 15.9 Å². The molecule has 0 radical (unpaired) electrons. The first-order valence-corrected chi connectivity index (χ1v) is 6.99. The van der Waals surface area contributed by atoms with Gasteiger partial charge in [-0.2, -0.15) is 0 Å². The molecule has 1 aromatic rings. The Labute approximate surface area is 110 Å². The van der Waals surface area contributed by atoms with Crippen LogP contribution in [0.3, 0.4) is 0 Å². The van der Waals surface area contributed by atoms with E-state index in [0.717, 1.165) is 44.9 Å². The highest BCUT2D eigenvalue weighted by atomic mass is 79.9. The van der Waals surface area contributed by atoms with Crippen LogP contribution in [0.25, 0.3) is 0 Å². The fourth-order valence-electron chi connectivity index (χ4n) is 2.58. The number of nitrogens with one attached hydrogen (secondary N) is 1. The van der Waals surface area contributed by atoms with Gasteiger partial charge in [0.25, 0.3) is 0 Å². The van der Waals surface area contributed by atoms with Crippen molar-refractivity contribution in [3.8, 4) is 5.75 Å². The number of ether oxygens (including phenoxy) is 1. The standard InChI is InChI=1S/C13H17BrN2O/c14-12-2-1-3-13-11(12)8-10(17-13)9-16-6-4-15-5-7-16/h1-3,10,15H,4-9H2. The molecule has 0 saturated carbocycles. The van der Waals surface area contributed by atoms with Crippen molar-refractivity contribution in [2.45, 2.75) is 12.5 Å². The maximum atomic E-state index is 6.00. The van der Waals surface area contributed by atoms with Gasteiger partial charge in [0.05, 0.1) is 0 Å². The van der Waals surface area contributed by atoms with Crippen LogP contribution in [0.1, 0.15) is 5.56 Å². The summed E-state index contributed by atoms with van der Waals surface area (Å²) in [5.41, 5.74) is 1.33. The van der Waals surface area contributed by atoms with E-state index in [1.165, 1.54) is 10.0 Å². The van der Waals surface area contributed by atoms with Gasteiger partial charge < -0.3 is 10.1 Å². The van der Waals surface area contributed by atoms with Gasteiger partial charge in [0.2, 0.25) is 0 Å². The highest BCUT2D eigenvalue weighted by Crippen LogP contribution is 2.34. The minimum Gasteiger partial charge on any atom is -0.488 e. The van der Waals surface area contributed by atoms with Crippen LogP contribution in [-0.4, -0.2) is 43.7 Å². The summed E-state index contributed by atoms with van der Waals surface area (Å²) in [5, 5.41) is 3.38. The van der Waals surface area contributed by atoms with Gasteiger partial charge in [0.1, 0.15) is 11.9 Å². The molecule has 1 aromatic carbocycles. The summed E-state index contributed by atoms with van der Waals surface area (Å²) in [5.74, 6) is 1.06. The van der Waals surface area contributed by atoms with E-state index in [4.69, 9.17) is 4.74 Å². The molecule has 2 aliphatic heterocycles. The third-order valence-electron chi connectivity index (χ3n) is 3.47. The number of hydrogen-bond donors (Lipinski definition) is 1. The molecule has 1 saturated heterocycles. The van der Waals surface area contributed by atoms with Crippen molar-refractivity contribution in [3.63, 3.8) is 0 Å². The smallest absolute Gasteiger partial charge is 0.124 e. The summed E-state index contributed by atoms with van der Waals surface area (Å²) >= 11 is 3.60. The Kier molecular flexibility index (Phi) is 3.36. The van der Waals surface area contributed by atoms with Crippen LogP contribution in [0.5, 0.6) is 5.75 Å². The van der Waals surface area contributed by atoms with Crippen molar-refractivity contribution in [2.24, 2.45) is 0 Å². The molecule has 0 bridgehead atoms. The maximum Gasteiger partial charge on any atom is 0.124 e. The fraction of sp³-hybridized carbons (Fsp3) is 0.538. The van der Waals surface area contributed by atoms with Gasteiger partial charge >= 0.3 is 0 Å². The molecule has 17 heavy (non-hydrogen) atoms. The maximum absolute atomic E-state index is 6.00. The number of piperazine rings is 1. The summed E-state index contributed by atoms with van der Waals surface area (Å²) in [7, 11) is 0. The van der Waals surface area contributed by atoms with E-state index < -0.39 is 0 Å². The van der Waals surface area contributed by atoms with Crippen LogP contribution in [0.4, 0.5) is 0 Å². The highest BCUT2D eigenvalue weighted by Gasteiger charge is 2.26. The first kappa shape index (κ1) is 11.5. The third-order valence-corrected chi connectivity index (χ3v) is 4.22. The average molecular weight is 297 g/mol. The Morgan fingerprint density at radius 2 is 2.18 bits per heavy atom. The van der Waals surface area contributed by atoms with Gasteiger partial charge in [0, 0.05) is 49.2 Å². The van der Waals surface area contributed by atoms with Crippen LogP contribution in [0.15, 0.2) is 22.7 Å². The van der Waals surface area contributed by atoms with E-state index in [0.29, 0.717) is 6.10 Å². The second-order valence-electron chi connectivity index (χ2n) is 4.71. The molecule has 3 rings (SSSR count). The van der Waals surface area contributed by atoms with Gasteiger partial charge in [-0.25, -0.2) is 0 Å². The highest BCUT2D eigenvalue weighted by molar-refractivity contribution is 9.10. The molecule has 1 atom stereocenters. The first-order valence-electron chi connectivity index (χ1n) is 6.20. The van der Waals surface area contributed by atoms with E-state index >= 15 is 0 Å².